The van der Waals surface area contributed by atoms with Crippen LogP contribution in [0, 0.1) is 16.7 Å². The van der Waals surface area contributed by atoms with Gasteiger partial charge in [-0.05, 0) is 25.7 Å². The van der Waals surface area contributed by atoms with Gasteiger partial charge in [-0.1, -0.05) is 25.7 Å². The van der Waals surface area contributed by atoms with E-state index in [1.54, 1.807) is 0 Å². The monoisotopic (exact) mass is 236 g/mol. The molecule has 0 aromatic carbocycles. The lowest BCUT2D eigenvalue weighted by Gasteiger charge is -2.35. The molecule has 0 spiro atoms. The van der Waals surface area contributed by atoms with Crippen LogP contribution in [0.5, 0.6) is 0 Å². The van der Waals surface area contributed by atoms with E-state index in [1.807, 2.05) is 0 Å². The van der Waals surface area contributed by atoms with Crippen molar-refractivity contribution in [1.29, 1.82) is 5.26 Å². The topological polar surface area (TPSA) is 73.1 Å². The zero-order valence-corrected chi connectivity index (χ0v) is 10.1. The minimum absolute atomic E-state index is 0.0750. The Kier molecular flexibility index (Phi) is 3.68. The van der Waals surface area contributed by atoms with Crippen LogP contribution in [0.15, 0.2) is 0 Å². The molecule has 0 radical (unpaired) electrons. The van der Waals surface area contributed by atoms with Gasteiger partial charge < -0.3 is 10.4 Å². The molecular weight excluding hydrogens is 216 g/mol. The van der Waals surface area contributed by atoms with Crippen molar-refractivity contribution in [1.82, 2.24) is 5.32 Å². The summed E-state index contributed by atoms with van der Waals surface area (Å²) >= 11 is 0. The first kappa shape index (κ1) is 12.4. The molecule has 2 aliphatic rings. The molecule has 0 atom stereocenters. The molecule has 2 aliphatic carbocycles. The summed E-state index contributed by atoms with van der Waals surface area (Å²) in [5, 5.41) is 21.4. The molecule has 17 heavy (non-hydrogen) atoms. The lowest BCUT2D eigenvalue weighted by molar-refractivity contribution is -0.130. The Balaban J connectivity index is 1.96. The molecule has 94 valence electrons. The summed E-state index contributed by atoms with van der Waals surface area (Å²) in [6.07, 6.45) is 6.54. The van der Waals surface area contributed by atoms with Gasteiger partial charge in [-0.15, -0.1) is 0 Å². The predicted octanol–water partition coefficient (Wildman–Crippen LogP) is 1.49. The fourth-order valence-corrected chi connectivity index (χ4v) is 2.75. The van der Waals surface area contributed by atoms with Crippen molar-refractivity contribution in [2.24, 2.45) is 5.41 Å². The second-order valence-corrected chi connectivity index (χ2v) is 5.40. The third-order valence-electron chi connectivity index (χ3n) is 4.05. The van der Waals surface area contributed by atoms with Gasteiger partial charge in [-0.2, -0.15) is 5.26 Å². The standard InChI is InChI=1S/C13H20N2O2/c14-9-13(5-3-1-2-4-6-13)12(17)15-10-7-11(16)8-10/h10-11,16H,1-8H2,(H,15,17). The van der Waals surface area contributed by atoms with Gasteiger partial charge in [-0.3, -0.25) is 4.79 Å². The average Bonchev–Trinajstić information content (AvgIpc) is 2.53. The Morgan fingerprint density at radius 2 is 1.82 bits per heavy atom. The van der Waals surface area contributed by atoms with E-state index < -0.39 is 5.41 Å². The van der Waals surface area contributed by atoms with Gasteiger partial charge in [0.15, 0.2) is 0 Å². The Bertz CT molecular complexity index is 321. The van der Waals surface area contributed by atoms with E-state index in [4.69, 9.17) is 0 Å². The lowest BCUT2D eigenvalue weighted by atomic mass is 9.79. The SMILES string of the molecule is N#CC1(C(=O)NC2CC(O)C2)CCCCCC1. The number of aliphatic hydroxyl groups is 1. The molecular formula is C13H20N2O2. The molecule has 0 aromatic rings. The maximum Gasteiger partial charge on any atom is 0.240 e. The largest absolute Gasteiger partial charge is 0.393 e. The van der Waals surface area contributed by atoms with Crippen LogP contribution in [0.4, 0.5) is 0 Å². The van der Waals surface area contributed by atoms with Gasteiger partial charge in [0, 0.05) is 6.04 Å². The van der Waals surface area contributed by atoms with E-state index in [2.05, 4.69) is 11.4 Å². The third kappa shape index (κ3) is 2.61. The van der Waals surface area contributed by atoms with Crippen LogP contribution in [0.1, 0.15) is 51.4 Å². The predicted molar refractivity (Wildman–Crippen MR) is 62.9 cm³/mol. The molecule has 4 nitrogen and oxygen atoms in total. The molecule has 2 saturated carbocycles. The summed E-state index contributed by atoms with van der Waals surface area (Å²) in [6, 6.07) is 2.32. The highest BCUT2D eigenvalue weighted by Gasteiger charge is 2.41. The van der Waals surface area contributed by atoms with E-state index >= 15 is 0 Å². The minimum atomic E-state index is -0.808. The van der Waals surface area contributed by atoms with Crippen LogP contribution < -0.4 is 5.32 Å². The van der Waals surface area contributed by atoms with Gasteiger partial charge in [0.05, 0.1) is 12.2 Å². The van der Waals surface area contributed by atoms with E-state index in [0.717, 1.165) is 25.7 Å². The van der Waals surface area contributed by atoms with Crippen LogP contribution in [0.3, 0.4) is 0 Å². The quantitative estimate of drug-likeness (QED) is 0.713. The number of hydrogen-bond acceptors (Lipinski definition) is 3. The summed E-state index contributed by atoms with van der Waals surface area (Å²) in [5.74, 6) is -0.112. The van der Waals surface area contributed by atoms with Crippen molar-refractivity contribution in [3.63, 3.8) is 0 Å². The van der Waals surface area contributed by atoms with Crippen LogP contribution in [-0.2, 0) is 4.79 Å². The summed E-state index contributed by atoms with van der Waals surface area (Å²) < 4.78 is 0. The second kappa shape index (κ2) is 5.05. The summed E-state index contributed by atoms with van der Waals surface area (Å²) in [7, 11) is 0. The Morgan fingerprint density at radius 3 is 2.29 bits per heavy atom. The Hall–Kier alpha value is -1.08. The number of amides is 1. The summed E-state index contributed by atoms with van der Waals surface area (Å²) in [5.41, 5.74) is -0.808. The number of nitrogens with one attached hydrogen (secondary N) is 1. The van der Waals surface area contributed by atoms with Gasteiger partial charge >= 0.3 is 0 Å². The zero-order chi connectivity index (χ0) is 12.3. The molecule has 0 heterocycles. The van der Waals surface area contributed by atoms with Crippen LogP contribution in [0.25, 0.3) is 0 Å². The molecule has 1 amide bonds. The lowest BCUT2D eigenvalue weighted by Crippen LogP contribution is -2.51. The first-order valence-electron chi connectivity index (χ1n) is 6.56. The van der Waals surface area contributed by atoms with Crippen molar-refractivity contribution in [3.05, 3.63) is 0 Å². The molecule has 0 aromatic heterocycles. The number of carbonyl (C=O) groups is 1. The average molecular weight is 236 g/mol. The van der Waals surface area contributed by atoms with Crippen molar-refractivity contribution < 1.29 is 9.90 Å². The number of aliphatic hydroxyl groups excluding tert-OH is 1. The minimum Gasteiger partial charge on any atom is -0.393 e. The maximum atomic E-state index is 12.2. The second-order valence-electron chi connectivity index (χ2n) is 5.40. The highest BCUT2D eigenvalue weighted by Crippen LogP contribution is 2.35. The van der Waals surface area contributed by atoms with Gasteiger partial charge in [-0.25, -0.2) is 0 Å². The van der Waals surface area contributed by atoms with E-state index in [9.17, 15) is 15.2 Å². The third-order valence-corrected chi connectivity index (χ3v) is 4.05. The molecule has 0 saturated heterocycles. The highest BCUT2D eigenvalue weighted by molar-refractivity contribution is 5.85. The van der Waals surface area contributed by atoms with Gasteiger partial charge in [0.25, 0.3) is 0 Å². The summed E-state index contributed by atoms with van der Waals surface area (Å²) in [4.78, 5) is 12.2. The van der Waals surface area contributed by atoms with Crippen LogP contribution in [0.2, 0.25) is 0 Å². The van der Waals surface area contributed by atoms with Crippen LogP contribution >= 0.6 is 0 Å². The molecule has 4 heteroatoms. The number of rotatable bonds is 2. The molecule has 2 fully saturated rings. The normalized spacial score (nSPS) is 31.8. The smallest absolute Gasteiger partial charge is 0.240 e. The number of carbonyl (C=O) groups excluding carboxylic acids is 1. The first-order valence-corrected chi connectivity index (χ1v) is 6.56. The molecule has 0 bridgehead atoms. The van der Waals surface area contributed by atoms with Crippen molar-refractivity contribution in [3.8, 4) is 6.07 Å². The van der Waals surface area contributed by atoms with E-state index in [1.165, 1.54) is 0 Å². The first-order chi connectivity index (χ1) is 8.16. The van der Waals surface area contributed by atoms with Crippen molar-refractivity contribution in [2.45, 2.75) is 63.5 Å². The summed E-state index contributed by atoms with van der Waals surface area (Å²) in [6.45, 7) is 0. The number of hydrogen-bond donors (Lipinski definition) is 2. The number of nitrogens with zero attached hydrogens (tertiary/aromatic N) is 1. The van der Waals surface area contributed by atoms with Crippen LogP contribution in [-0.4, -0.2) is 23.2 Å². The maximum absolute atomic E-state index is 12.2. The highest BCUT2D eigenvalue weighted by atomic mass is 16.3. The van der Waals surface area contributed by atoms with Gasteiger partial charge in [0.2, 0.25) is 5.91 Å². The Morgan fingerprint density at radius 1 is 1.24 bits per heavy atom. The molecule has 0 aliphatic heterocycles. The van der Waals surface area contributed by atoms with Crippen molar-refractivity contribution >= 4 is 5.91 Å². The molecule has 0 unspecified atom stereocenters. The van der Waals surface area contributed by atoms with Crippen molar-refractivity contribution in [2.75, 3.05) is 0 Å². The zero-order valence-electron chi connectivity index (χ0n) is 10.1. The van der Waals surface area contributed by atoms with E-state index in [0.29, 0.717) is 25.7 Å². The molecule has 2 rings (SSSR count). The fraction of sp³-hybridized carbons (Fsp3) is 0.846. The Labute approximate surface area is 102 Å². The number of nitriles is 1. The molecule has 2 N–H and O–H groups in total. The fourth-order valence-electron chi connectivity index (χ4n) is 2.75. The van der Waals surface area contributed by atoms with Gasteiger partial charge in [0.1, 0.15) is 5.41 Å². The van der Waals surface area contributed by atoms with E-state index in [-0.39, 0.29) is 18.1 Å².